The minimum absolute atomic E-state index is 0.178. The zero-order valence-corrected chi connectivity index (χ0v) is 13.2. The Balaban J connectivity index is 2.04. The minimum atomic E-state index is -1.06. The van der Waals surface area contributed by atoms with Crippen LogP contribution in [-0.2, 0) is 4.79 Å². The number of hydrogen-bond donors (Lipinski definition) is 2. The molecule has 0 aliphatic heterocycles. The standard InChI is InChI=1S/C16H28N2O3/c1-3-4-10-18(13-7-8-13)15(21)17-16(14(19)20)9-5-6-12(2)11-16/h12-13H,3-11H2,1-2H3,(H,17,21)(H,19,20). The largest absolute Gasteiger partial charge is 0.480 e. The number of carbonyl (C=O) groups is 2. The van der Waals surface area contributed by atoms with Crippen molar-refractivity contribution in [2.24, 2.45) is 5.92 Å². The van der Waals surface area contributed by atoms with Crippen LogP contribution in [0.1, 0.15) is 65.2 Å². The van der Waals surface area contributed by atoms with Crippen LogP contribution in [0.2, 0.25) is 0 Å². The van der Waals surface area contributed by atoms with Crippen molar-refractivity contribution in [2.75, 3.05) is 6.54 Å². The maximum Gasteiger partial charge on any atom is 0.329 e. The quantitative estimate of drug-likeness (QED) is 0.791. The number of carbonyl (C=O) groups excluding carboxylic acids is 1. The Morgan fingerprint density at radius 3 is 2.57 bits per heavy atom. The summed E-state index contributed by atoms with van der Waals surface area (Å²) in [7, 11) is 0. The van der Waals surface area contributed by atoms with Crippen LogP contribution < -0.4 is 5.32 Å². The molecule has 0 aromatic carbocycles. The number of nitrogens with zero attached hydrogens (tertiary/aromatic N) is 1. The number of rotatable bonds is 6. The maximum absolute atomic E-state index is 12.6. The molecule has 120 valence electrons. The van der Waals surface area contributed by atoms with E-state index in [1.54, 1.807) is 0 Å². The van der Waals surface area contributed by atoms with Crippen molar-refractivity contribution >= 4 is 12.0 Å². The Bertz CT molecular complexity index is 395. The van der Waals surface area contributed by atoms with Gasteiger partial charge < -0.3 is 15.3 Å². The summed E-state index contributed by atoms with van der Waals surface area (Å²) in [6.45, 7) is 4.90. The van der Waals surface area contributed by atoms with Crippen molar-refractivity contribution in [2.45, 2.75) is 76.8 Å². The highest BCUT2D eigenvalue weighted by Gasteiger charge is 2.45. The highest BCUT2D eigenvalue weighted by Crippen LogP contribution is 2.34. The van der Waals surface area contributed by atoms with Crippen LogP contribution in [0, 0.1) is 5.92 Å². The molecule has 0 aromatic rings. The predicted octanol–water partition coefficient (Wildman–Crippen LogP) is 2.99. The van der Waals surface area contributed by atoms with Crippen LogP contribution in [0.4, 0.5) is 4.79 Å². The summed E-state index contributed by atoms with van der Waals surface area (Å²) in [6, 6.07) is 0.144. The van der Waals surface area contributed by atoms with E-state index in [1.165, 1.54) is 0 Å². The lowest BCUT2D eigenvalue weighted by atomic mass is 9.76. The van der Waals surface area contributed by atoms with Gasteiger partial charge in [0.2, 0.25) is 0 Å². The molecule has 2 fully saturated rings. The molecular weight excluding hydrogens is 268 g/mol. The van der Waals surface area contributed by atoms with Gasteiger partial charge in [-0.1, -0.05) is 33.1 Å². The molecule has 2 amide bonds. The average molecular weight is 296 g/mol. The average Bonchev–Trinajstić information content (AvgIpc) is 3.23. The van der Waals surface area contributed by atoms with Gasteiger partial charge >= 0.3 is 12.0 Å². The number of urea groups is 1. The lowest BCUT2D eigenvalue weighted by Crippen LogP contribution is -2.60. The van der Waals surface area contributed by atoms with Gasteiger partial charge in [0.15, 0.2) is 0 Å². The Hall–Kier alpha value is -1.26. The third-order valence-corrected chi connectivity index (χ3v) is 4.75. The van der Waals surface area contributed by atoms with E-state index in [1.807, 2.05) is 4.90 Å². The first kappa shape index (κ1) is 16.1. The van der Waals surface area contributed by atoms with Crippen LogP contribution in [0.5, 0.6) is 0 Å². The summed E-state index contributed by atoms with van der Waals surface area (Å²) < 4.78 is 0. The summed E-state index contributed by atoms with van der Waals surface area (Å²) in [4.78, 5) is 26.2. The maximum atomic E-state index is 12.6. The molecule has 5 heteroatoms. The summed E-state index contributed by atoms with van der Waals surface area (Å²) in [5, 5.41) is 12.5. The number of hydrogen-bond acceptors (Lipinski definition) is 2. The van der Waals surface area contributed by atoms with E-state index in [2.05, 4.69) is 19.2 Å². The van der Waals surface area contributed by atoms with Crippen molar-refractivity contribution in [1.82, 2.24) is 10.2 Å². The third-order valence-electron chi connectivity index (χ3n) is 4.75. The Morgan fingerprint density at radius 2 is 2.05 bits per heavy atom. The van der Waals surface area contributed by atoms with E-state index < -0.39 is 11.5 Å². The SMILES string of the molecule is CCCCN(C(=O)NC1(C(=O)O)CCCC(C)C1)C1CC1. The second kappa shape index (κ2) is 6.67. The van der Waals surface area contributed by atoms with E-state index in [4.69, 9.17) is 0 Å². The van der Waals surface area contributed by atoms with Gasteiger partial charge in [0.25, 0.3) is 0 Å². The molecule has 2 N–H and O–H groups in total. The van der Waals surface area contributed by atoms with Crippen LogP contribution >= 0.6 is 0 Å². The third kappa shape index (κ3) is 3.89. The first-order chi connectivity index (χ1) is 9.98. The summed E-state index contributed by atoms with van der Waals surface area (Å²) in [5.74, 6) is -0.534. The molecule has 2 rings (SSSR count). The van der Waals surface area contributed by atoms with Crippen molar-refractivity contribution in [3.63, 3.8) is 0 Å². The van der Waals surface area contributed by atoms with Gasteiger partial charge in [-0.15, -0.1) is 0 Å². The van der Waals surface area contributed by atoms with E-state index >= 15 is 0 Å². The number of carboxylic acids is 1. The number of amides is 2. The van der Waals surface area contributed by atoms with Crippen molar-refractivity contribution in [1.29, 1.82) is 0 Å². The number of nitrogens with one attached hydrogen (secondary N) is 1. The molecule has 0 bridgehead atoms. The fourth-order valence-electron chi connectivity index (χ4n) is 3.35. The molecule has 2 aliphatic rings. The fourth-order valence-corrected chi connectivity index (χ4v) is 3.35. The number of carboxylic acid groups (broad SMARTS) is 1. The molecule has 0 aromatic heterocycles. The van der Waals surface area contributed by atoms with Gasteiger partial charge in [-0.3, -0.25) is 0 Å². The molecular formula is C16H28N2O3. The highest BCUT2D eigenvalue weighted by molar-refractivity contribution is 5.86. The van der Waals surface area contributed by atoms with Crippen LogP contribution in [0.3, 0.4) is 0 Å². The fraction of sp³-hybridized carbons (Fsp3) is 0.875. The van der Waals surface area contributed by atoms with Crippen LogP contribution in [0.25, 0.3) is 0 Å². The molecule has 2 aliphatic carbocycles. The predicted molar refractivity (Wildman–Crippen MR) is 81.2 cm³/mol. The van der Waals surface area contributed by atoms with Gasteiger partial charge in [0.1, 0.15) is 5.54 Å². The molecule has 0 spiro atoms. The second-order valence-electron chi connectivity index (χ2n) is 6.80. The van der Waals surface area contributed by atoms with E-state index in [9.17, 15) is 14.7 Å². The Morgan fingerprint density at radius 1 is 1.33 bits per heavy atom. The molecule has 21 heavy (non-hydrogen) atoms. The molecule has 0 saturated heterocycles. The number of aliphatic carboxylic acids is 1. The van der Waals surface area contributed by atoms with E-state index in [0.29, 0.717) is 24.8 Å². The topological polar surface area (TPSA) is 69.6 Å². The first-order valence-electron chi connectivity index (χ1n) is 8.30. The van der Waals surface area contributed by atoms with E-state index in [-0.39, 0.29) is 6.03 Å². The summed E-state index contributed by atoms with van der Waals surface area (Å²) >= 11 is 0. The van der Waals surface area contributed by atoms with Crippen LogP contribution in [0.15, 0.2) is 0 Å². The van der Waals surface area contributed by atoms with Crippen molar-refractivity contribution in [3.05, 3.63) is 0 Å². The molecule has 2 saturated carbocycles. The lowest BCUT2D eigenvalue weighted by Gasteiger charge is -2.38. The Kier molecular flexibility index (Phi) is 5.12. The zero-order valence-electron chi connectivity index (χ0n) is 13.2. The normalized spacial score (nSPS) is 29.0. The summed E-state index contributed by atoms with van der Waals surface area (Å²) in [6.07, 6.45) is 7.11. The van der Waals surface area contributed by atoms with Gasteiger partial charge in [-0.25, -0.2) is 9.59 Å². The summed E-state index contributed by atoms with van der Waals surface area (Å²) in [5.41, 5.74) is -1.06. The highest BCUT2D eigenvalue weighted by atomic mass is 16.4. The molecule has 2 unspecified atom stereocenters. The second-order valence-corrected chi connectivity index (χ2v) is 6.80. The van der Waals surface area contributed by atoms with Crippen molar-refractivity contribution < 1.29 is 14.7 Å². The minimum Gasteiger partial charge on any atom is -0.480 e. The molecule has 5 nitrogen and oxygen atoms in total. The monoisotopic (exact) mass is 296 g/mol. The van der Waals surface area contributed by atoms with Crippen LogP contribution in [-0.4, -0.2) is 40.1 Å². The molecule has 0 heterocycles. The van der Waals surface area contributed by atoms with Gasteiger partial charge in [-0.05, 0) is 38.0 Å². The van der Waals surface area contributed by atoms with Crippen molar-refractivity contribution in [3.8, 4) is 0 Å². The zero-order chi connectivity index (χ0) is 15.5. The van der Waals surface area contributed by atoms with Gasteiger partial charge in [0.05, 0.1) is 0 Å². The molecule has 2 atom stereocenters. The molecule has 0 radical (unpaired) electrons. The Labute approximate surface area is 127 Å². The first-order valence-corrected chi connectivity index (χ1v) is 8.30. The van der Waals surface area contributed by atoms with E-state index in [0.717, 1.165) is 45.1 Å². The lowest BCUT2D eigenvalue weighted by molar-refractivity contribution is -0.146. The number of unbranched alkanes of at least 4 members (excludes halogenated alkanes) is 1. The smallest absolute Gasteiger partial charge is 0.329 e. The van der Waals surface area contributed by atoms with Gasteiger partial charge in [-0.2, -0.15) is 0 Å². The van der Waals surface area contributed by atoms with Gasteiger partial charge in [0, 0.05) is 12.6 Å².